The molecular formula is C20H26N2O2S. The minimum absolute atomic E-state index is 0.103. The molecule has 2 rings (SSSR count). The lowest BCUT2D eigenvalue weighted by Crippen LogP contribution is -2.36. The lowest BCUT2D eigenvalue weighted by Gasteiger charge is -2.24. The molecular weight excluding hydrogens is 332 g/mol. The molecule has 0 saturated carbocycles. The number of Topliss-reactive ketones (excluding diaryl/α,β-unsaturated/α-hetero) is 1. The maximum Gasteiger partial charge on any atom is 0.222 e. The van der Waals surface area contributed by atoms with E-state index < -0.39 is 0 Å². The van der Waals surface area contributed by atoms with Gasteiger partial charge in [-0.15, -0.1) is 0 Å². The Bertz CT molecular complexity index is 654. The van der Waals surface area contributed by atoms with E-state index in [1.807, 2.05) is 54.7 Å². The van der Waals surface area contributed by atoms with E-state index in [1.54, 1.807) is 11.3 Å². The van der Waals surface area contributed by atoms with Crippen LogP contribution in [-0.2, 0) is 11.3 Å². The van der Waals surface area contributed by atoms with Gasteiger partial charge in [-0.3, -0.25) is 9.59 Å². The quantitative estimate of drug-likeness (QED) is 0.608. The number of carbonyl (C=O) groups is 2. The van der Waals surface area contributed by atoms with E-state index in [9.17, 15) is 9.59 Å². The fraction of sp³-hybridized carbons (Fsp3) is 0.400. The molecule has 0 saturated heterocycles. The van der Waals surface area contributed by atoms with Gasteiger partial charge in [0.2, 0.25) is 5.91 Å². The number of likely N-dealkylation sites (N-methyl/N-ethyl adjacent to an activating group) is 1. The van der Waals surface area contributed by atoms with E-state index in [4.69, 9.17) is 0 Å². The van der Waals surface area contributed by atoms with Gasteiger partial charge in [0, 0.05) is 38.0 Å². The average molecular weight is 359 g/mol. The normalized spacial score (nSPS) is 10.8. The SMILES string of the molecule is CN(C)CCN(Cc1ccsc1)C(=O)CCCC(=O)c1ccccc1. The van der Waals surface area contributed by atoms with E-state index in [0.717, 1.165) is 17.7 Å². The third-order valence-corrected chi connectivity index (χ3v) is 4.75. The van der Waals surface area contributed by atoms with Gasteiger partial charge >= 0.3 is 0 Å². The first-order valence-electron chi connectivity index (χ1n) is 8.58. The van der Waals surface area contributed by atoms with Crippen molar-refractivity contribution in [2.24, 2.45) is 0 Å². The molecule has 0 aliphatic heterocycles. The monoisotopic (exact) mass is 358 g/mol. The van der Waals surface area contributed by atoms with Gasteiger partial charge in [-0.2, -0.15) is 11.3 Å². The number of carbonyl (C=O) groups excluding carboxylic acids is 2. The van der Waals surface area contributed by atoms with Crippen LogP contribution in [0.2, 0.25) is 0 Å². The Hall–Kier alpha value is -1.98. The molecule has 0 unspecified atom stereocenters. The molecule has 1 aromatic heterocycles. The van der Waals surface area contributed by atoms with Gasteiger partial charge in [0.15, 0.2) is 5.78 Å². The van der Waals surface area contributed by atoms with Crippen LogP contribution in [0.15, 0.2) is 47.2 Å². The largest absolute Gasteiger partial charge is 0.337 e. The van der Waals surface area contributed by atoms with Crippen molar-refractivity contribution >= 4 is 23.0 Å². The number of ketones is 1. The molecule has 0 fully saturated rings. The summed E-state index contributed by atoms with van der Waals surface area (Å²) in [5, 5.41) is 4.11. The van der Waals surface area contributed by atoms with Crippen LogP contribution in [0, 0.1) is 0 Å². The number of thiophene rings is 1. The summed E-state index contributed by atoms with van der Waals surface area (Å²) >= 11 is 1.64. The van der Waals surface area contributed by atoms with Crippen LogP contribution in [0.25, 0.3) is 0 Å². The highest BCUT2D eigenvalue weighted by Gasteiger charge is 2.15. The zero-order chi connectivity index (χ0) is 18.1. The fourth-order valence-electron chi connectivity index (χ4n) is 2.54. The van der Waals surface area contributed by atoms with Crippen molar-refractivity contribution in [2.45, 2.75) is 25.8 Å². The zero-order valence-corrected chi connectivity index (χ0v) is 15.8. The minimum atomic E-state index is 0.103. The smallest absolute Gasteiger partial charge is 0.222 e. The third-order valence-electron chi connectivity index (χ3n) is 4.01. The van der Waals surface area contributed by atoms with Crippen LogP contribution in [0.1, 0.15) is 35.2 Å². The lowest BCUT2D eigenvalue weighted by molar-refractivity contribution is -0.132. The summed E-state index contributed by atoms with van der Waals surface area (Å²) in [6.07, 6.45) is 1.42. The molecule has 1 amide bonds. The molecule has 0 aliphatic carbocycles. The van der Waals surface area contributed by atoms with Crippen LogP contribution < -0.4 is 0 Å². The Morgan fingerprint density at radius 3 is 2.40 bits per heavy atom. The highest BCUT2D eigenvalue weighted by atomic mass is 32.1. The van der Waals surface area contributed by atoms with Gasteiger partial charge in [-0.1, -0.05) is 30.3 Å². The van der Waals surface area contributed by atoms with Crippen molar-refractivity contribution in [2.75, 3.05) is 27.2 Å². The lowest BCUT2D eigenvalue weighted by atomic mass is 10.1. The molecule has 0 bridgehead atoms. The Morgan fingerprint density at radius 2 is 1.76 bits per heavy atom. The summed E-state index contributed by atoms with van der Waals surface area (Å²) in [6.45, 7) is 2.18. The number of hydrogen-bond donors (Lipinski definition) is 0. The van der Waals surface area contributed by atoms with Gasteiger partial charge in [0.1, 0.15) is 0 Å². The maximum absolute atomic E-state index is 12.6. The van der Waals surface area contributed by atoms with Gasteiger partial charge in [-0.05, 0) is 42.9 Å². The first kappa shape index (κ1) is 19.3. The molecule has 1 aromatic carbocycles. The predicted octanol–water partition coefficient (Wildman–Crippen LogP) is 3.69. The summed E-state index contributed by atoms with van der Waals surface area (Å²) in [4.78, 5) is 28.7. The van der Waals surface area contributed by atoms with Gasteiger partial charge in [0.05, 0.1) is 0 Å². The van der Waals surface area contributed by atoms with Gasteiger partial charge in [0.25, 0.3) is 0 Å². The molecule has 2 aromatic rings. The Labute approximate surface area is 154 Å². The topological polar surface area (TPSA) is 40.6 Å². The standard InChI is InChI=1S/C20H26N2O2S/c1-21(2)12-13-22(15-17-11-14-25-16-17)20(24)10-6-9-19(23)18-7-4-3-5-8-18/h3-5,7-8,11,14,16H,6,9-10,12-13,15H2,1-2H3. The van der Waals surface area contributed by atoms with E-state index >= 15 is 0 Å². The summed E-state index contributed by atoms with van der Waals surface area (Å²) < 4.78 is 0. The summed E-state index contributed by atoms with van der Waals surface area (Å²) in [5.74, 6) is 0.222. The Kier molecular flexibility index (Phi) is 7.82. The Balaban J connectivity index is 1.84. The average Bonchev–Trinajstić information content (AvgIpc) is 3.12. The van der Waals surface area contributed by atoms with Gasteiger partial charge < -0.3 is 9.80 Å². The summed E-state index contributed by atoms with van der Waals surface area (Å²) in [6, 6.07) is 11.3. The molecule has 5 heteroatoms. The first-order chi connectivity index (χ1) is 12.1. The van der Waals surface area contributed by atoms with Crippen molar-refractivity contribution in [1.82, 2.24) is 9.80 Å². The number of amides is 1. The van der Waals surface area contributed by atoms with Crippen LogP contribution >= 0.6 is 11.3 Å². The van der Waals surface area contributed by atoms with Crippen molar-refractivity contribution in [3.05, 3.63) is 58.3 Å². The molecule has 0 aliphatic rings. The Morgan fingerprint density at radius 1 is 1.00 bits per heavy atom. The molecule has 1 heterocycles. The van der Waals surface area contributed by atoms with Crippen LogP contribution in [0.3, 0.4) is 0 Å². The van der Waals surface area contributed by atoms with Crippen molar-refractivity contribution in [3.63, 3.8) is 0 Å². The molecule has 4 nitrogen and oxygen atoms in total. The van der Waals surface area contributed by atoms with Crippen LogP contribution in [-0.4, -0.2) is 48.7 Å². The van der Waals surface area contributed by atoms with Crippen molar-refractivity contribution in [3.8, 4) is 0 Å². The van der Waals surface area contributed by atoms with E-state index in [1.165, 1.54) is 0 Å². The minimum Gasteiger partial charge on any atom is -0.337 e. The second-order valence-electron chi connectivity index (χ2n) is 6.39. The highest BCUT2D eigenvalue weighted by molar-refractivity contribution is 7.07. The number of benzene rings is 1. The molecule has 134 valence electrons. The number of hydrogen-bond acceptors (Lipinski definition) is 4. The van der Waals surface area contributed by atoms with E-state index in [-0.39, 0.29) is 11.7 Å². The molecule has 0 spiro atoms. The predicted molar refractivity (Wildman–Crippen MR) is 103 cm³/mol. The molecule has 0 radical (unpaired) electrons. The van der Waals surface area contributed by atoms with E-state index in [0.29, 0.717) is 32.4 Å². The fourth-order valence-corrected chi connectivity index (χ4v) is 3.20. The number of nitrogens with zero attached hydrogens (tertiary/aromatic N) is 2. The highest BCUT2D eigenvalue weighted by Crippen LogP contribution is 2.13. The summed E-state index contributed by atoms with van der Waals surface area (Å²) in [5.41, 5.74) is 1.88. The van der Waals surface area contributed by atoms with E-state index in [2.05, 4.69) is 16.3 Å². The van der Waals surface area contributed by atoms with Gasteiger partial charge in [-0.25, -0.2) is 0 Å². The van der Waals surface area contributed by atoms with Crippen LogP contribution in [0.5, 0.6) is 0 Å². The second kappa shape index (κ2) is 10.1. The summed E-state index contributed by atoms with van der Waals surface area (Å²) in [7, 11) is 4.01. The van der Waals surface area contributed by atoms with Crippen molar-refractivity contribution in [1.29, 1.82) is 0 Å². The second-order valence-corrected chi connectivity index (χ2v) is 7.17. The maximum atomic E-state index is 12.6. The third kappa shape index (κ3) is 6.80. The van der Waals surface area contributed by atoms with Crippen molar-refractivity contribution < 1.29 is 9.59 Å². The van der Waals surface area contributed by atoms with Crippen LogP contribution in [0.4, 0.5) is 0 Å². The first-order valence-corrected chi connectivity index (χ1v) is 9.52. The molecule has 0 atom stereocenters. The number of rotatable bonds is 10. The molecule has 25 heavy (non-hydrogen) atoms. The molecule has 0 N–H and O–H groups in total. The zero-order valence-electron chi connectivity index (χ0n) is 15.0.